The van der Waals surface area contributed by atoms with E-state index in [2.05, 4.69) is 5.32 Å². The third-order valence-corrected chi connectivity index (χ3v) is 3.30. The van der Waals surface area contributed by atoms with Gasteiger partial charge < -0.3 is 10.4 Å². The maximum Gasteiger partial charge on any atom is 0.325 e. The van der Waals surface area contributed by atoms with Crippen molar-refractivity contribution in [2.45, 2.75) is 25.9 Å². The Morgan fingerprint density at radius 3 is 1.95 bits per heavy atom. The lowest BCUT2D eigenvalue weighted by atomic mass is 10.2. The van der Waals surface area contributed by atoms with Crippen molar-refractivity contribution in [1.29, 1.82) is 0 Å². The van der Waals surface area contributed by atoms with E-state index in [9.17, 15) is 19.2 Å². The minimum atomic E-state index is -1.24. The van der Waals surface area contributed by atoms with Crippen LogP contribution in [-0.4, -0.2) is 45.8 Å². The van der Waals surface area contributed by atoms with E-state index in [0.29, 0.717) is 4.90 Å². The summed E-state index contributed by atoms with van der Waals surface area (Å²) >= 11 is 11.0. The maximum atomic E-state index is 11.7. The monoisotopic (exact) mass is 308 g/mol. The quantitative estimate of drug-likeness (QED) is 0.713. The smallest absolute Gasteiger partial charge is 0.325 e. The number of carboxylic acids is 1. The van der Waals surface area contributed by atoms with Crippen LogP contribution >= 0.6 is 23.2 Å². The zero-order valence-electron chi connectivity index (χ0n) is 9.94. The summed E-state index contributed by atoms with van der Waals surface area (Å²) in [6, 6.07) is -2.37. The van der Waals surface area contributed by atoms with Gasteiger partial charge in [0.1, 0.15) is 22.1 Å². The highest BCUT2D eigenvalue weighted by atomic mass is 35.5. The average Bonchev–Trinajstić information content (AvgIpc) is 2.53. The number of halogens is 2. The molecule has 0 saturated carbocycles. The molecule has 1 heterocycles. The summed E-state index contributed by atoms with van der Waals surface area (Å²) in [6.45, 7) is 2.51. The van der Waals surface area contributed by atoms with Gasteiger partial charge in [0, 0.05) is 0 Å². The molecule has 1 aliphatic rings. The molecule has 0 aliphatic carbocycles. The normalized spacial score (nSPS) is 18.6. The second-order valence-corrected chi connectivity index (χ2v) is 4.61. The third-order valence-electron chi connectivity index (χ3n) is 2.50. The van der Waals surface area contributed by atoms with Crippen LogP contribution in [-0.2, 0) is 19.2 Å². The Labute approximate surface area is 118 Å². The molecular weight excluding hydrogens is 299 g/mol. The first-order valence-corrected chi connectivity index (χ1v) is 5.90. The first-order chi connectivity index (χ1) is 8.68. The highest BCUT2D eigenvalue weighted by Gasteiger charge is 2.42. The second kappa shape index (κ2) is 5.58. The van der Waals surface area contributed by atoms with E-state index in [0.717, 1.165) is 0 Å². The molecule has 0 aromatic carbocycles. The molecule has 0 aromatic heterocycles. The zero-order valence-corrected chi connectivity index (χ0v) is 11.4. The molecule has 3 amide bonds. The number of imide groups is 1. The number of carbonyl (C=O) groups is 4. The number of nitrogens with one attached hydrogen (secondary N) is 1. The number of nitrogens with zero attached hydrogens (tertiary/aromatic N) is 1. The molecule has 9 heteroatoms. The summed E-state index contributed by atoms with van der Waals surface area (Å²) < 4.78 is 0. The molecular formula is C10H10Cl2N2O5. The molecule has 0 unspecified atom stereocenters. The van der Waals surface area contributed by atoms with Crippen LogP contribution in [0.25, 0.3) is 0 Å². The number of rotatable bonds is 4. The van der Waals surface area contributed by atoms with Gasteiger partial charge in [-0.25, -0.2) is 0 Å². The molecule has 1 rings (SSSR count). The first-order valence-electron chi connectivity index (χ1n) is 5.14. The lowest BCUT2D eigenvalue weighted by Crippen LogP contribution is -2.51. The summed E-state index contributed by atoms with van der Waals surface area (Å²) in [5.41, 5.74) is 0. The highest BCUT2D eigenvalue weighted by Crippen LogP contribution is 2.28. The standard InChI is InChI=1S/C10H10Cl2N2O5/c1-3(10(18)19)13-7(15)4(2)14-8(16)5(11)6(12)9(14)17/h3-4H,1-2H3,(H,13,15)(H,18,19)/t3-,4-/m0/s1. The predicted octanol–water partition coefficient (Wildman–Crippen LogP) is 0.0222. The van der Waals surface area contributed by atoms with Gasteiger partial charge in [0.2, 0.25) is 5.91 Å². The number of aliphatic carboxylic acids is 1. The van der Waals surface area contributed by atoms with Crippen molar-refractivity contribution in [2.24, 2.45) is 0 Å². The maximum absolute atomic E-state index is 11.7. The fourth-order valence-corrected chi connectivity index (χ4v) is 1.70. The summed E-state index contributed by atoms with van der Waals surface area (Å²) in [7, 11) is 0. The van der Waals surface area contributed by atoms with Crippen LogP contribution in [0.1, 0.15) is 13.8 Å². The molecule has 2 N–H and O–H groups in total. The van der Waals surface area contributed by atoms with Crippen LogP contribution in [0.4, 0.5) is 0 Å². The molecule has 0 spiro atoms. The molecule has 0 fully saturated rings. The summed E-state index contributed by atoms with van der Waals surface area (Å²) in [5, 5.41) is 9.87. The van der Waals surface area contributed by atoms with E-state index in [1.165, 1.54) is 13.8 Å². The fourth-order valence-electron chi connectivity index (χ4n) is 1.36. The zero-order chi connectivity index (χ0) is 14.9. The molecule has 2 atom stereocenters. The third kappa shape index (κ3) is 2.87. The van der Waals surface area contributed by atoms with E-state index in [1.54, 1.807) is 0 Å². The molecule has 0 bridgehead atoms. The molecule has 0 aromatic rings. The molecule has 1 aliphatic heterocycles. The molecule has 104 valence electrons. The van der Waals surface area contributed by atoms with Crippen LogP contribution in [0.2, 0.25) is 0 Å². The number of hydrogen-bond donors (Lipinski definition) is 2. The van der Waals surface area contributed by atoms with Crippen molar-refractivity contribution in [3.63, 3.8) is 0 Å². The van der Waals surface area contributed by atoms with Crippen LogP contribution in [0.3, 0.4) is 0 Å². The first kappa shape index (κ1) is 15.5. The Kier molecular flexibility index (Phi) is 4.54. The van der Waals surface area contributed by atoms with Gasteiger partial charge in [-0.2, -0.15) is 0 Å². The Morgan fingerprint density at radius 2 is 1.58 bits per heavy atom. The van der Waals surface area contributed by atoms with Gasteiger partial charge in [0.05, 0.1) is 0 Å². The van der Waals surface area contributed by atoms with Crippen LogP contribution in [0.15, 0.2) is 10.1 Å². The summed E-state index contributed by atoms with van der Waals surface area (Å²) in [4.78, 5) is 46.2. The second-order valence-electron chi connectivity index (χ2n) is 3.85. The van der Waals surface area contributed by atoms with E-state index < -0.39 is 45.8 Å². The van der Waals surface area contributed by atoms with Gasteiger partial charge in [-0.1, -0.05) is 23.2 Å². The van der Waals surface area contributed by atoms with Crippen molar-refractivity contribution in [2.75, 3.05) is 0 Å². The Bertz CT molecular complexity index is 478. The van der Waals surface area contributed by atoms with Crippen molar-refractivity contribution in [3.8, 4) is 0 Å². The molecule has 0 saturated heterocycles. The fraction of sp³-hybridized carbons (Fsp3) is 0.400. The minimum absolute atomic E-state index is 0.461. The van der Waals surface area contributed by atoms with Gasteiger partial charge in [0.25, 0.3) is 11.8 Å². The van der Waals surface area contributed by atoms with E-state index >= 15 is 0 Å². The van der Waals surface area contributed by atoms with E-state index in [-0.39, 0.29) is 0 Å². The SMILES string of the molecule is C[C@H](NC(=O)[C@H](C)N1C(=O)C(Cl)=C(Cl)C1=O)C(=O)O. The number of amides is 3. The van der Waals surface area contributed by atoms with Crippen molar-refractivity contribution in [1.82, 2.24) is 10.2 Å². The minimum Gasteiger partial charge on any atom is -0.480 e. The Balaban J connectivity index is 2.83. The van der Waals surface area contributed by atoms with E-state index in [4.69, 9.17) is 28.3 Å². The van der Waals surface area contributed by atoms with Crippen LogP contribution in [0, 0.1) is 0 Å². The Hall–Kier alpha value is -1.60. The van der Waals surface area contributed by atoms with Gasteiger partial charge >= 0.3 is 5.97 Å². The lowest BCUT2D eigenvalue weighted by Gasteiger charge is -2.22. The number of carbonyl (C=O) groups excluding carboxylic acids is 3. The van der Waals surface area contributed by atoms with Crippen LogP contribution < -0.4 is 5.32 Å². The van der Waals surface area contributed by atoms with Gasteiger partial charge in [-0.3, -0.25) is 24.1 Å². The predicted molar refractivity (Wildman–Crippen MR) is 65.3 cm³/mol. The van der Waals surface area contributed by atoms with Crippen LogP contribution in [0.5, 0.6) is 0 Å². The van der Waals surface area contributed by atoms with Crippen molar-refractivity contribution < 1.29 is 24.3 Å². The highest BCUT2D eigenvalue weighted by molar-refractivity contribution is 6.58. The average molecular weight is 309 g/mol. The van der Waals surface area contributed by atoms with E-state index in [1.807, 2.05) is 0 Å². The number of carboxylic acid groups (broad SMARTS) is 1. The summed E-state index contributed by atoms with van der Waals surface area (Å²) in [5.74, 6) is -3.81. The van der Waals surface area contributed by atoms with Gasteiger partial charge in [-0.05, 0) is 13.8 Å². The molecule has 19 heavy (non-hydrogen) atoms. The molecule has 7 nitrogen and oxygen atoms in total. The van der Waals surface area contributed by atoms with Crippen molar-refractivity contribution in [3.05, 3.63) is 10.1 Å². The number of hydrogen-bond acceptors (Lipinski definition) is 4. The van der Waals surface area contributed by atoms with Gasteiger partial charge in [0.15, 0.2) is 0 Å². The lowest BCUT2D eigenvalue weighted by molar-refractivity contribution is -0.146. The van der Waals surface area contributed by atoms with Gasteiger partial charge in [-0.15, -0.1) is 0 Å². The topological polar surface area (TPSA) is 104 Å². The Morgan fingerprint density at radius 1 is 1.16 bits per heavy atom. The largest absolute Gasteiger partial charge is 0.480 e. The summed E-state index contributed by atoms with van der Waals surface area (Å²) in [6.07, 6.45) is 0. The molecule has 0 radical (unpaired) electrons. The van der Waals surface area contributed by atoms with Crippen molar-refractivity contribution >= 4 is 46.9 Å².